The Balaban J connectivity index is 0.00000243. The van der Waals surface area contributed by atoms with E-state index in [4.69, 9.17) is 4.74 Å². The molecule has 1 aromatic rings. The SMILES string of the molecule is CN=C(NCC1CCCc2ccccc21)N1CC(C)C(C(=O)OC)C1.I. The van der Waals surface area contributed by atoms with Crippen LogP contribution in [-0.4, -0.2) is 50.6 Å². The summed E-state index contributed by atoms with van der Waals surface area (Å²) in [5.74, 6) is 1.51. The molecule has 1 N–H and O–H groups in total. The Bertz CT molecular complexity index is 650. The van der Waals surface area contributed by atoms with Gasteiger partial charge in [-0.25, -0.2) is 0 Å². The molecule has 1 aliphatic heterocycles. The Labute approximate surface area is 173 Å². The van der Waals surface area contributed by atoms with Crippen LogP contribution in [0.15, 0.2) is 29.3 Å². The molecule has 144 valence electrons. The highest BCUT2D eigenvalue weighted by Gasteiger charge is 2.37. The van der Waals surface area contributed by atoms with E-state index >= 15 is 0 Å². The van der Waals surface area contributed by atoms with E-state index in [1.54, 1.807) is 0 Å². The third kappa shape index (κ3) is 4.50. The highest BCUT2D eigenvalue weighted by atomic mass is 127. The highest BCUT2D eigenvalue weighted by Crippen LogP contribution is 2.31. The number of carbonyl (C=O) groups is 1. The Kier molecular flexibility index (Phi) is 7.73. The molecule has 0 spiro atoms. The Morgan fingerprint density at radius 2 is 2.12 bits per heavy atom. The van der Waals surface area contributed by atoms with Crippen LogP contribution < -0.4 is 5.32 Å². The van der Waals surface area contributed by atoms with Crippen molar-refractivity contribution in [3.8, 4) is 0 Å². The fourth-order valence-electron chi connectivity index (χ4n) is 4.21. The first-order valence-corrected chi connectivity index (χ1v) is 9.25. The lowest BCUT2D eigenvalue weighted by atomic mass is 9.83. The lowest BCUT2D eigenvalue weighted by Gasteiger charge is -2.28. The van der Waals surface area contributed by atoms with Gasteiger partial charge in [0.2, 0.25) is 0 Å². The van der Waals surface area contributed by atoms with Crippen molar-refractivity contribution in [1.29, 1.82) is 0 Å². The summed E-state index contributed by atoms with van der Waals surface area (Å²) in [4.78, 5) is 18.5. The zero-order valence-electron chi connectivity index (χ0n) is 15.9. The smallest absolute Gasteiger partial charge is 0.310 e. The summed E-state index contributed by atoms with van der Waals surface area (Å²) in [6.07, 6.45) is 3.64. The fraction of sp³-hybridized carbons (Fsp3) is 0.600. The second kappa shape index (κ2) is 9.58. The van der Waals surface area contributed by atoms with Crippen molar-refractivity contribution in [2.45, 2.75) is 32.1 Å². The van der Waals surface area contributed by atoms with E-state index in [-0.39, 0.29) is 41.8 Å². The second-order valence-corrected chi connectivity index (χ2v) is 7.23. The fourth-order valence-corrected chi connectivity index (χ4v) is 4.21. The number of halogens is 1. The molecule has 2 aliphatic rings. The Morgan fingerprint density at radius 1 is 1.35 bits per heavy atom. The summed E-state index contributed by atoms with van der Waals surface area (Å²) < 4.78 is 4.93. The number of rotatable bonds is 3. The van der Waals surface area contributed by atoms with E-state index in [0.29, 0.717) is 12.5 Å². The van der Waals surface area contributed by atoms with Crippen molar-refractivity contribution in [1.82, 2.24) is 10.2 Å². The monoisotopic (exact) mass is 471 g/mol. The molecule has 3 atom stereocenters. The van der Waals surface area contributed by atoms with Crippen LogP contribution in [0.1, 0.15) is 36.8 Å². The molecule has 0 bridgehead atoms. The van der Waals surface area contributed by atoms with Gasteiger partial charge in [0, 0.05) is 32.6 Å². The number of hydrogen-bond acceptors (Lipinski definition) is 3. The Morgan fingerprint density at radius 3 is 2.85 bits per heavy atom. The number of aliphatic imine (C=N–C) groups is 1. The standard InChI is InChI=1S/C20H29N3O2.HI/c1-14-12-23(13-18(14)19(24)25-3)20(21-2)22-11-16-9-6-8-15-7-4-5-10-17(15)16;/h4-5,7,10,14,16,18H,6,8-9,11-13H2,1-3H3,(H,21,22);1H. The van der Waals surface area contributed by atoms with E-state index in [9.17, 15) is 4.79 Å². The van der Waals surface area contributed by atoms with Gasteiger partial charge in [-0.3, -0.25) is 9.79 Å². The number of fused-ring (bicyclic) bond motifs is 1. The lowest BCUT2D eigenvalue weighted by molar-refractivity contribution is -0.145. The van der Waals surface area contributed by atoms with Crippen LogP contribution in [0.2, 0.25) is 0 Å². The van der Waals surface area contributed by atoms with Crippen LogP contribution in [0.3, 0.4) is 0 Å². The number of ether oxygens (including phenoxy) is 1. The van der Waals surface area contributed by atoms with Crippen molar-refractivity contribution in [3.05, 3.63) is 35.4 Å². The predicted molar refractivity (Wildman–Crippen MR) is 115 cm³/mol. The first-order valence-electron chi connectivity index (χ1n) is 9.25. The summed E-state index contributed by atoms with van der Waals surface area (Å²) in [5, 5.41) is 3.54. The molecule has 1 aromatic carbocycles. The number of hydrogen-bond donors (Lipinski definition) is 1. The zero-order chi connectivity index (χ0) is 17.8. The highest BCUT2D eigenvalue weighted by molar-refractivity contribution is 14.0. The van der Waals surface area contributed by atoms with Gasteiger partial charge >= 0.3 is 5.97 Å². The zero-order valence-corrected chi connectivity index (χ0v) is 18.2. The van der Waals surface area contributed by atoms with Crippen molar-refractivity contribution >= 4 is 35.9 Å². The van der Waals surface area contributed by atoms with E-state index in [1.165, 1.54) is 37.5 Å². The molecule has 6 heteroatoms. The molecule has 0 saturated carbocycles. The average Bonchev–Trinajstić information content (AvgIpc) is 3.03. The van der Waals surface area contributed by atoms with Crippen LogP contribution in [0.4, 0.5) is 0 Å². The van der Waals surface area contributed by atoms with Gasteiger partial charge < -0.3 is 15.0 Å². The molecule has 0 radical (unpaired) electrons. The molecule has 5 nitrogen and oxygen atoms in total. The minimum absolute atomic E-state index is 0. The van der Waals surface area contributed by atoms with Crippen molar-refractivity contribution < 1.29 is 9.53 Å². The molecule has 1 saturated heterocycles. The van der Waals surface area contributed by atoms with Crippen LogP contribution >= 0.6 is 24.0 Å². The first-order chi connectivity index (χ1) is 12.1. The molecular formula is C20H30IN3O2. The number of benzene rings is 1. The number of carbonyl (C=O) groups excluding carboxylic acids is 1. The second-order valence-electron chi connectivity index (χ2n) is 7.23. The predicted octanol–water partition coefficient (Wildman–Crippen LogP) is 3.04. The number of nitrogens with zero attached hydrogens (tertiary/aromatic N) is 2. The van der Waals surface area contributed by atoms with E-state index in [1.807, 2.05) is 7.05 Å². The van der Waals surface area contributed by atoms with Gasteiger partial charge in [-0.15, -0.1) is 24.0 Å². The third-order valence-corrected chi connectivity index (χ3v) is 5.63. The van der Waals surface area contributed by atoms with Crippen LogP contribution in [0, 0.1) is 11.8 Å². The van der Waals surface area contributed by atoms with Crippen LogP contribution in [-0.2, 0) is 16.0 Å². The summed E-state index contributed by atoms with van der Waals surface area (Å²) in [6, 6.07) is 8.77. The number of methoxy groups -OCH3 is 1. The minimum Gasteiger partial charge on any atom is -0.469 e. The maximum atomic E-state index is 11.9. The van der Waals surface area contributed by atoms with Crippen molar-refractivity contribution in [2.75, 3.05) is 33.8 Å². The average molecular weight is 471 g/mol. The summed E-state index contributed by atoms with van der Waals surface area (Å²) in [6.45, 7) is 4.50. The molecule has 1 aliphatic carbocycles. The third-order valence-electron chi connectivity index (χ3n) is 5.63. The molecule has 26 heavy (non-hydrogen) atoms. The summed E-state index contributed by atoms with van der Waals surface area (Å²) >= 11 is 0. The molecule has 1 heterocycles. The number of guanidine groups is 1. The summed E-state index contributed by atoms with van der Waals surface area (Å²) in [5.41, 5.74) is 2.95. The van der Waals surface area contributed by atoms with Gasteiger partial charge in [0.05, 0.1) is 13.0 Å². The molecule has 3 unspecified atom stereocenters. The van der Waals surface area contributed by atoms with Gasteiger partial charge in [-0.05, 0) is 36.3 Å². The van der Waals surface area contributed by atoms with Gasteiger partial charge in [0.15, 0.2) is 5.96 Å². The Hall–Kier alpha value is -1.31. The number of likely N-dealkylation sites (tertiary alicyclic amines) is 1. The molecule has 0 aromatic heterocycles. The molecular weight excluding hydrogens is 441 g/mol. The van der Waals surface area contributed by atoms with Gasteiger partial charge in [-0.2, -0.15) is 0 Å². The van der Waals surface area contributed by atoms with Gasteiger partial charge in [0.1, 0.15) is 0 Å². The molecule has 1 fully saturated rings. The van der Waals surface area contributed by atoms with E-state index in [0.717, 1.165) is 19.0 Å². The topological polar surface area (TPSA) is 53.9 Å². The molecule has 3 rings (SSSR count). The largest absolute Gasteiger partial charge is 0.469 e. The maximum absolute atomic E-state index is 11.9. The number of esters is 1. The first kappa shape index (κ1) is 21.0. The quantitative estimate of drug-likeness (QED) is 0.319. The van der Waals surface area contributed by atoms with Crippen LogP contribution in [0.25, 0.3) is 0 Å². The number of nitrogens with one attached hydrogen (secondary N) is 1. The van der Waals surface area contributed by atoms with E-state index in [2.05, 4.69) is 46.4 Å². The van der Waals surface area contributed by atoms with Crippen molar-refractivity contribution in [3.63, 3.8) is 0 Å². The van der Waals surface area contributed by atoms with Gasteiger partial charge in [0.25, 0.3) is 0 Å². The van der Waals surface area contributed by atoms with Crippen molar-refractivity contribution in [2.24, 2.45) is 16.8 Å². The van der Waals surface area contributed by atoms with E-state index < -0.39 is 0 Å². The molecule has 0 amide bonds. The van der Waals surface area contributed by atoms with Gasteiger partial charge in [-0.1, -0.05) is 31.2 Å². The van der Waals surface area contributed by atoms with Crippen LogP contribution in [0.5, 0.6) is 0 Å². The minimum atomic E-state index is -0.119. The normalized spacial score (nSPS) is 25.3. The lowest BCUT2D eigenvalue weighted by Crippen LogP contribution is -2.42. The maximum Gasteiger partial charge on any atom is 0.310 e. The number of aryl methyl sites for hydroxylation is 1. The summed E-state index contributed by atoms with van der Waals surface area (Å²) in [7, 11) is 3.28.